The largest absolute Gasteiger partial charge is 0.480 e. The molecular formula is C15H28N2O4. The van der Waals surface area contributed by atoms with Gasteiger partial charge < -0.3 is 20.5 Å². The van der Waals surface area contributed by atoms with Crippen LogP contribution in [0.15, 0.2) is 0 Å². The molecule has 6 nitrogen and oxygen atoms in total. The average Bonchev–Trinajstić information content (AvgIpc) is 2.38. The maximum absolute atomic E-state index is 12.0. The van der Waals surface area contributed by atoms with Gasteiger partial charge in [0, 0.05) is 32.1 Å². The molecule has 0 aromatic rings. The lowest BCUT2D eigenvalue weighted by Crippen LogP contribution is -2.60. The van der Waals surface area contributed by atoms with E-state index in [2.05, 4.69) is 24.5 Å². The molecule has 0 radical (unpaired) electrons. The first-order chi connectivity index (χ1) is 9.85. The third kappa shape index (κ3) is 5.91. The zero-order valence-electron chi connectivity index (χ0n) is 13.3. The van der Waals surface area contributed by atoms with E-state index in [1.165, 1.54) is 0 Å². The van der Waals surface area contributed by atoms with Crippen LogP contribution in [0.25, 0.3) is 0 Å². The van der Waals surface area contributed by atoms with Gasteiger partial charge >= 0.3 is 12.0 Å². The smallest absolute Gasteiger partial charge is 0.329 e. The maximum atomic E-state index is 12.0. The van der Waals surface area contributed by atoms with E-state index in [0.717, 1.165) is 19.3 Å². The number of carboxylic acids is 1. The van der Waals surface area contributed by atoms with Crippen molar-refractivity contribution in [3.63, 3.8) is 0 Å². The molecule has 1 unspecified atom stereocenters. The predicted molar refractivity (Wildman–Crippen MR) is 80.2 cm³/mol. The Morgan fingerprint density at radius 2 is 1.81 bits per heavy atom. The Kier molecular flexibility index (Phi) is 6.95. The van der Waals surface area contributed by atoms with Gasteiger partial charge in [0.2, 0.25) is 0 Å². The van der Waals surface area contributed by atoms with E-state index in [1.54, 1.807) is 0 Å². The number of nitrogens with one attached hydrogen (secondary N) is 2. The van der Waals surface area contributed by atoms with E-state index in [9.17, 15) is 14.7 Å². The highest BCUT2D eigenvalue weighted by Crippen LogP contribution is 2.21. The molecule has 6 heteroatoms. The Morgan fingerprint density at radius 1 is 1.19 bits per heavy atom. The van der Waals surface area contributed by atoms with E-state index in [0.29, 0.717) is 32.0 Å². The summed E-state index contributed by atoms with van der Waals surface area (Å²) in [6.07, 6.45) is 3.69. The molecule has 1 saturated heterocycles. The van der Waals surface area contributed by atoms with Gasteiger partial charge in [0.05, 0.1) is 0 Å². The van der Waals surface area contributed by atoms with E-state index in [4.69, 9.17) is 4.74 Å². The molecule has 1 atom stereocenters. The van der Waals surface area contributed by atoms with E-state index in [1.807, 2.05) is 6.92 Å². The van der Waals surface area contributed by atoms with Crippen molar-refractivity contribution in [2.45, 2.75) is 64.5 Å². The minimum atomic E-state index is -1.19. The second-order valence-corrected chi connectivity index (χ2v) is 6.32. The summed E-state index contributed by atoms with van der Waals surface area (Å²) in [6.45, 7) is 7.00. The maximum Gasteiger partial charge on any atom is 0.329 e. The van der Waals surface area contributed by atoms with Crippen molar-refractivity contribution < 1.29 is 19.4 Å². The number of aliphatic carboxylic acids is 1. The van der Waals surface area contributed by atoms with Gasteiger partial charge in [-0.25, -0.2) is 9.59 Å². The Labute approximate surface area is 126 Å². The summed E-state index contributed by atoms with van der Waals surface area (Å²) in [5.41, 5.74) is -1.19. The summed E-state index contributed by atoms with van der Waals surface area (Å²) in [5.74, 6) is -0.336. The first-order valence-corrected chi connectivity index (χ1v) is 7.75. The molecule has 2 amide bonds. The fourth-order valence-corrected chi connectivity index (χ4v) is 2.49. The molecule has 0 spiro atoms. The minimum Gasteiger partial charge on any atom is -0.480 e. The summed E-state index contributed by atoms with van der Waals surface area (Å²) in [7, 11) is 0. The van der Waals surface area contributed by atoms with E-state index < -0.39 is 17.5 Å². The number of ether oxygens (including phenoxy) is 1. The number of amides is 2. The monoisotopic (exact) mass is 300 g/mol. The molecule has 0 aromatic carbocycles. The molecular weight excluding hydrogens is 272 g/mol. The SMILES string of the molecule is CC(C)CCCC(C)NC(=O)NC1(C(=O)O)CCOCC1. The van der Waals surface area contributed by atoms with Crippen molar-refractivity contribution >= 4 is 12.0 Å². The lowest BCUT2D eigenvalue weighted by Gasteiger charge is -2.34. The van der Waals surface area contributed by atoms with Gasteiger partial charge in [-0.1, -0.05) is 26.7 Å². The fourth-order valence-electron chi connectivity index (χ4n) is 2.49. The van der Waals surface area contributed by atoms with Crippen LogP contribution in [-0.2, 0) is 9.53 Å². The summed E-state index contributed by atoms with van der Waals surface area (Å²) < 4.78 is 5.18. The second kappa shape index (κ2) is 8.22. The minimum absolute atomic E-state index is 0.0365. The van der Waals surface area contributed by atoms with Crippen LogP contribution in [0.5, 0.6) is 0 Å². The summed E-state index contributed by atoms with van der Waals surface area (Å²) >= 11 is 0. The van der Waals surface area contributed by atoms with Crippen molar-refractivity contribution in [2.75, 3.05) is 13.2 Å². The van der Waals surface area contributed by atoms with Crippen molar-refractivity contribution in [3.8, 4) is 0 Å². The van der Waals surface area contributed by atoms with E-state index in [-0.39, 0.29) is 6.04 Å². The van der Waals surface area contributed by atoms with Crippen LogP contribution in [0.4, 0.5) is 4.79 Å². The van der Waals surface area contributed by atoms with Crippen molar-refractivity contribution in [2.24, 2.45) is 5.92 Å². The van der Waals surface area contributed by atoms with Crippen molar-refractivity contribution in [1.29, 1.82) is 0 Å². The number of rotatable bonds is 7. The highest BCUT2D eigenvalue weighted by molar-refractivity contribution is 5.86. The molecule has 0 aliphatic carbocycles. The Morgan fingerprint density at radius 3 is 2.33 bits per heavy atom. The van der Waals surface area contributed by atoms with Crippen LogP contribution in [0.1, 0.15) is 52.9 Å². The third-order valence-corrected chi connectivity index (χ3v) is 3.90. The molecule has 3 N–H and O–H groups in total. The quantitative estimate of drug-likeness (QED) is 0.672. The van der Waals surface area contributed by atoms with Crippen LogP contribution in [-0.4, -0.2) is 41.9 Å². The number of urea groups is 1. The van der Waals surface area contributed by atoms with Gasteiger partial charge in [-0.05, 0) is 19.3 Å². The molecule has 1 aliphatic heterocycles. The lowest BCUT2D eigenvalue weighted by molar-refractivity contribution is -0.148. The van der Waals surface area contributed by atoms with Crippen molar-refractivity contribution in [1.82, 2.24) is 10.6 Å². The van der Waals surface area contributed by atoms with Gasteiger partial charge in [-0.2, -0.15) is 0 Å². The molecule has 1 rings (SSSR count). The standard InChI is InChI=1S/C15H28N2O4/c1-11(2)5-4-6-12(3)16-14(20)17-15(13(18)19)7-9-21-10-8-15/h11-12H,4-10H2,1-3H3,(H,18,19)(H2,16,17,20). The van der Waals surface area contributed by atoms with Gasteiger partial charge in [0.15, 0.2) is 0 Å². The van der Waals surface area contributed by atoms with Crippen LogP contribution >= 0.6 is 0 Å². The topological polar surface area (TPSA) is 87.7 Å². The number of hydrogen-bond donors (Lipinski definition) is 3. The van der Waals surface area contributed by atoms with Crippen LogP contribution in [0.3, 0.4) is 0 Å². The second-order valence-electron chi connectivity index (χ2n) is 6.32. The lowest BCUT2D eigenvalue weighted by atomic mass is 9.90. The first-order valence-electron chi connectivity index (χ1n) is 7.75. The molecule has 1 aliphatic rings. The summed E-state index contributed by atoms with van der Waals surface area (Å²) in [6, 6.07) is -0.370. The normalized spacial score (nSPS) is 19.0. The van der Waals surface area contributed by atoms with E-state index >= 15 is 0 Å². The van der Waals surface area contributed by atoms with Gasteiger partial charge in [0.25, 0.3) is 0 Å². The zero-order chi connectivity index (χ0) is 15.9. The molecule has 122 valence electrons. The van der Waals surface area contributed by atoms with Gasteiger partial charge in [0.1, 0.15) is 5.54 Å². The number of hydrogen-bond acceptors (Lipinski definition) is 3. The number of carbonyl (C=O) groups is 2. The molecule has 1 fully saturated rings. The Balaban J connectivity index is 2.41. The van der Waals surface area contributed by atoms with Crippen LogP contribution in [0.2, 0.25) is 0 Å². The Hall–Kier alpha value is -1.30. The van der Waals surface area contributed by atoms with Crippen LogP contribution in [0, 0.1) is 5.92 Å². The predicted octanol–water partition coefficient (Wildman–Crippen LogP) is 2.13. The molecule has 0 saturated carbocycles. The van der Waals surface area contributed by atoms with Gasteiger partial charge in [-0.15, -0.1) is 0 Å². The summed E-state index contributed by atoms with van der Waals surface area (Å²) in [4.78, 5) is 23.4. The molecule has 1 heterocycles. The highest BCUT2D eigenvalue weighted by Gasteiger charge is 2.41. The van der Waals surface area contributed by atoms with Gasteiger partial charge in [-0.3, -0.25) is 0 Å². The number of carbonyl (C=O) groups excluding carboxylic acids is 1. The first kappa shape index (κ1) is 17.8. The Bertz CT molecular complexity index is 352. The van der Waals surface area contributed by atoms with Crippen LogP contribution < -0.4 is 10.6 Å². The average molecular weight is 300 g/mol. The molecule has 0 bridgehead atoms. The number of carboxylic acid groups (broad SMARTS) is 1. The zero-order valence-corrected chi connectivity index (χ0v) is 13.3. The fraction of sp³-hybridized carbons (Fsp3) is 0.867. The molecule has 0 aromatic heterocycles. The third-order valence-electron chi connectivity index (χ3n) is 3.90. The summed E-state index contributed by atoms with van der Waals surface area (Å²) in [5, 5.41) is 14.8. The molecule has 21 heavy (non-hydrogen) atoms. The highest BCUT2D eigenvalue weighted by atomic mass is 16.5. The van der Waals surface area contributed by atoms with Crippen molar-refractivity contribution in [3.05, 3.63) is 0 Å².